The average Bonchev–Trinajstić information content (AvgIpc) is 2.75. The molecule has 0 spiro atoms. The smallest absolute Gasteiger partial charge is 0.0408 e. The van der Waals surface area contributed by atoms with E-state index in [9.17, 15) is 0 Å². The van der Waals surface area contributed by atoms with Crippen LogP contribution in [0.1, 0.15) is 5.56 Å². The minimum Gasteiger partial charge on any atom is -0.345 e. The Morgan fingerprint density at radius 3 is 1.59 bits per heavy atom. The van der Waals surface area contributed by atoms with Crippen LogP contribution in [0.2, 0.25) is 0 Å². The molecule has 0 aliphatic rings. The molecule has 1 heteroatoms. The van der Waals surface area contributed by atoms with Crippen LogP contribution in [-0.4, -0.2) is 7.05 Å². The van der Waals surface area contributed by atoms with Crippen LogP contribution in [0.5, 0.6) is 0 Å². The van der Waals surface area contributed by atoms with E-state index >= 15 is 0 Å². The van der Waals surface area contributed by atoms with Crippen molar-refractivity contribution in [2.75, 3.05) is 11.9 Å². The second-order valence-electron chi connectivity index (χ2n) is 6.89. The van der Waals surface area contributed by atoms with E-state index in [0.29, 0.717) is 0 Å². The molecule has 0 heterocycles. The summed E-state index contributed by atoms with van der Waals surface area (Å²) in [4.78, 5) is 2.20. The molecule has 4 rings (SSSR count). The molecule has 0 amide bonds. The second-order valence-corrected chi connectivity index (χ2v) is 6.89. The maximum atomic E-state index is 2.26. The fourth-order valence-electron chi connectivity index (χ4n) is 3.30. The third-order valence-corrected chi connectivity index (χ3v) is 4.98. The summed E-state index contributed by atoms with van der Waals surface area (Å²) in [7, 11) is 2.10. The van der Waals surface area contributed by atoms with E-state index in [1.807, 2.05) is 6.07 Å². The Labute approximate surface area is 161 Å². The normalized spacial score (nSPS) is 10.6. The van der Waals surface area contributed by atoms with Gasteiger partial charge in [-0.3, -0.25) is 0 Å². The summed E-state index contributed by atoms with van der Waals surface area (Å²) in [6, 6.07) is 36.6. The molecule has 27 heavy (non-hydrogen) atoms. The van der Waals surface area contributed by atoms with Gasteiger partial charge >= 0.3 is 0 Å². The van der Waals surface area contributed by atoms with E-state index in [2.05, 4.69) is 116 Å². The monoisotopic (exact) mass is 349 g/mol. The molecule has 0 fully saturated rings. The van der Waals surface area contributed by atoms with Crippen LogP contribution < -0.4 is 4.90 Å². The van der Waals surface area contributed by atoms with Crippen molar-refractivity contribution in [1.82, 2.24) is 0 Å². The first-order chi connectivity index (χ1) is 13.2. The van der Waals surface area contributed by atoms with E-state index in [0.717, 1.165) is 0 Å². The highest BCUT2D eigenvalue weighted by Crippen LogP contribution is 2.29. The van der Waals surface area contributed by atoms with E-state index in [-0.39, 0.29) is 0 Å². The molecule has 0 unspecified atom stereocenters. The summed E-state index contributed by atoms with van der Waals surface area (Å²) >= 11 is 0. The van der Waals surface area contributed by atoms with Crippen LogP contribution in [0.3, 0.4) is 0 Å². The van der Waals surface area contributed by atoms with Crippen LogP contribution in [-0.2, 0) is 0 Å². The number of aryl methyl sites for hydroxylation is 1. The number of benzene rings is 4. The summed E-state index contributed by atoms with van der Waals surface area (Å²) < 4.78 is 0. The van der Waals surface area contributed by atoms with Crippen LogP contribution >= 0.6 is 0 Å². The Kier molecular flexibility index (Phi) is 4.76. The maximum Gasteiger partial charge on any atom is 0.0408 e. The van der Waals surface area contributed by atoms with Gasteiger partial charge in [0.25, 0.3) is 0 Å². The molecule has 0 aliphatic heterocycles. The zero-order chi connectivity index (χ0) is 18.6. The Morgan fingerprint density at radius 1 is 0.481 bits per heavy atom. The molecular formula is C26H23N. The summed E-state index contributed by atoms with van der Waals surface area (Å²) in [6.45, 7) is 2.12. The molecule has 132 valence electrons. The van der Waals surface area contributed by atoms with Gasteiger partial charge in [-0.15, -0.1) is 0 Å². The predicted molar refractivity (Wildman–Crippen MR) is 117 cm³/mol. The van der Waals surface area contributed by atoms with Crippen molar-refractivity contribution in [2.45, 2.75) is 6.92 Å². The summed E-state index contributed by atoms with van der Waals surface area (Å²) in [6.07, 6.45) is 0. The summed E-state index contributed by atoms with van der Waals surface area (Å²) in [5.74, 6) is 0. The molecule has 0 saturated heterocycles. The lowest BCUT2D eigenvalue weighted by Gasteiger charge is -2.19. The molecule has 0 aliphatic carbocycles. The number of para-hydroxylation sites is 1. The fourth-order valence-corrected chi connectivity index (χ4v) is 3.30. The number of rotatable bonds is 4. The number of hydrogen-bond donors (Lipinski definition) is 0. The molecule has 0 aromatic heterocycles. The van der Waals surface area contributed by atoms with Gasteiger partial charge in [0.1, 0.15) is 0 Å². The van der Waals surface area contributed by atoms with Gasteiger partial charge < -0.3 is 4.90 Å². The van der Waals surface area contributed by atoms with Crippen LogP contribution in [0.4, 0.5) is 11.4 Å². The maximum absolute atomic E-state index is 2.26. The van der Waals surface area contributed by atoms with E-state index in [4.69, 9.17) is 0 Å². The quantitative estimate of drug-likeness (QED) is 0.380. The van der Waals surface area contributed by atoms with Crippen molar-refractivity contribution >= 4 is 11.4 Å². The Morgan fingerprint density at radius 2 is 1.00 bits per heavy atom. The van der Waals surface area contributed by atoms with Crippen molar-refractivity contribution in [1.29, 1.82) is 0 Å². The lowest BCUT2D eigenvalue weighted by Crippen LogP contribution is -2.08. The standard InChI is InChI=1S/C26H23N/c1-20-11-13-21(14-12-20)23-7-6-8-24(19-23)22-15-17-26(18-16-22)27(2)25-9-4-3-5-10-25/h3-19H,1-2H3. The number of hydrogen-bond acceptors (Lipinski definition) is 1. The van der Waals surface area contributed by atoms with E-state index in [1.54, 1.807) is 0 Å². The minimum atomic E-state index is 1.18. The fraction of sp³-hybridized carbons (Fsp3) is 0.0769. The van der Waals surface area contributed by atoms with Gasteiger partial charge in [-0.2, -0.15) is 0 Å². The summed E-state index contributed by atoms with van der Waals surface area (Å²) in [5.41, 5.74) is 8.62. The number of anilines is 2. The highest BCUT2D eigenvalue weighted by Gasteiger charge is 2.05. The minimum absolute atomic E-state index is 1.18. The first kappa shape index (κ1) is 17.1. The van der Waals surface area contributed by atoms with Gasteiger partial charge in [-0.25, -0.2) is 0 Å². The molecule has 0 saturated carbocycles. The molecule has 0 radical (unpaired) electrons. The van der Waals surface area contributed by atoms with E-state index < -0.39 is 0 Å². The van der Waals surface area contributed by atoms with Gasteiger partial charge in [0.2, 0.25) is 0 Å². The topological polar surface area (TPSA) is 3.24 Å². The highest BCUT2D eigenvalue weighted by atomic mass is 15.1. The predicted octanol–water partition coefficient (Wildman–Crippen LogP) is 7.10. The molecule has 0 atom stereocenters. The SMILES string of the molecule is Cc1ccc(-c2cccc(-c3ccc(N(C)c4ccccc4)cc3)c2)cc1. The van der Waals surface area contributed by atoms with Gasteiger partial charge in [0.05, 0.1) is 0 Å². The summed E-state index contributed by atoms with van der Waals surface area (Å²) in [5, 5.41) is 0. The molecule has 0 N–H and O–H groups in total. The average molecular weight is 349 g/mol. The molecule has 0 bridgehead atoms. The highest BCUT2D eigenvalue weighted by molar-refractivity contribution is 5.75. The third-order valence-electron chi connectivity index (χ3n) is 4.98. The molecular weight excluding hydrogens is 326 g/mol. The van der Waals surface area contributed by atoms with Crippen molar-refractivity contribution < 1.29 is 0 Å². The Bertz CT molecular complexity index is 1020. The zero-order valence-electron chi connectivity index (χ0n) is 15.8. The van der Waals surface area contributed by atoms with Gasteiger partial charge in [0, 0.05) is 18.4 Å². The zero-order valence-corrected chi connectivity index (χ0v) is 15.8. The van der Waals surface area contributed by atoms with Crippen molar-refractivity contribution in [2.24, 2.45) is 0 Å². The first-order valence-electron chi connectivity index (χ1n) is 9.27. The van der Waals surface area contributed by atoms with Crippen molar-refractivity contribution in [3.05, 3.63) is 109 Å². The Hall–Kier alpha value is -3.32. The lowest BCUT2D eigenvalue weighted by molar-refractivity contribution is 1.21. The van der Waals surface area contributed by atoms with E-state index in [1.165, 1.54) is 39.2 Å². The Balaban J connectivity index is 1.61. The molecule has 4 aromatic rings. The van der Waals surface area contributed by atoms with Crippen LogP contribution in [0.25, 0.3) is 22.3 Å². The van der Waals surface area contributed by atoms with Gasteiger partial charge in [0.15, 0.2) is 0 Å². The molecule has 4 aromatic carbocycles. The van der Waals surface area contributed by atoms with Gasteiger partial charge in [-0.05, 0) is 59.5 Å². The van der Waals surface area contributed by atoms with Crippen molar-refractivity contribution in [3.63, 3.8) is 0 Å². The lowest BCUT2D eigenvalue weighted by atomic mass is 9.98. The second kappa shape index (κ2) is 7.51. The largest absolute Gasteiger partial charge is 0.345 e. The van der Waals surface area contributed by atoms with Crippen molar-refractivity contribution in [3.8, 4) is 22.3 Å². The molecule has 1 nitrogen and oxygen atoms in total. The first-order valence-corrected chi connectivity index (χ1v) is 9.27. The van der Waals surface area contributed by atoms with Crippen LogP contribution in [0.15, 0.2) is 103 Å². The van der Waals surface area contributed by atoms with Crippen LogP contribution in [0, 0.1) is 6.92 Å². The third kappa shape index (κ3) is 3.78. The van der Waals surface area contributed by atoms with Gasteiger partial charge in [-0.1, -0.05) is 78.4 Å². The number of nitrogens with zero attached hydrogens (tertiary/aromatic N) is 1.